The molecule has 2 aliphatic heterocycles. The number of ether oxygens (including phenoxy) is 1. The van der Waals surface area contributed by atoms with Gasteiger partial charge in [0.2, 0.25) is 0 Å². The predicted octanol–water partition coefficient (Wildman–Crippen LogP) is 3.85. The van der Waals surface area contributed by atoms with Crippen LogP contribution in [0.25, 0.3) is 11.1 Å². The van der Waals surface area contributed by atoms with Gasteiger partial charge >= 0.3 is 6.09 Å². The molecule has 2 unspecified atom stereocenters. The Morgan fingerprint density at radius 3 is 2.09 bits per heavy atom. The van der Waals surface area contributed by atoms with E-state index >= 15 is 0 Å². The number of imide groups is 1. The minimum absolute atomic E-state index is 0.232. The van der Waals surface area contributed by atoms with E-state index in [2.05, 4.69) is 10.2 Å². The summed E-state index contributed by atoms with van der Waals surface area (Å²) >= 11 is 0. The van der Waals surface area contributed by atoms with Gasteiger partial charge in [-0.3, -0.25) is 19.8 Å². The maximum atomic E-state index is 12.7. The van der Waals surface area contributed by atoms with E-state index in [1.165, 1.54) is 4.90 Å². The molecule has 0 radical (unpaired) electrons. The quantitative estimate of drug-likeness (QED) is 0.209. The molecule has 10 nitrogen and oxygen atoms in total. The van der Waals surface area contributed by atoms with Crippen LogP contribution < -0.4 is 5.32 Å². The Balaban J connectivity index is 1.02. The van der Waals surface area contributed by atoms with Crippen molar-refractivity contribution < 1.29 is 33.8 Å². The number of hydrogen-bond acceptors (Lipinski definition) is 7. The van der Waals surface area contributed by atoms with Gasteiger partial charge in [0.15, 0.2) is 0 Å². The number of para-hydroxylation sites is 1. The first kappa shape index (κ1) is 32.3. The van der Waals surface area contributed by atoms with Crippen LogP contribution in [0.15, 0.2) is 78.9 Å². The molecule has 3 aromatic carbocycles. The third-order valence-corrected chi connectivity index (χ3v) is 8.65. The van der Waals surface area contributed by atoms with Gasteiger partial charge < -0.3 is 24.3 Å². The van der Waals surface area contributed by atoms with E-state index in [1.807, 2.05) is 68.7 Å². The Bertz CT molecular complexity index is 1450. The molecule has 2 aliphatic rings. The van der Waals surface area contributed by atoms with E-state index in [0.717, 1.165) is 11.1 Å². The Morgan fingerprint density at radius 2 is 1.44 bits per heavy atom. The van der Waals surface area contributed by atoms with Crippen molar-refractivity contribution in [1.29, 1.82) is 0 Å². The number of likely N-dealkylation sites (tertiary alicyclic amines) is 1. The largest absolute Gasteiger partial charge is 0.446 e. The van der Waals surface area contributed by atoms with Crippen LogP contribution in [-0.2, 0) is 4.74 Å². The number of aliphatic hydroxyl groups is 2. The van der Waals surface area contributed by atoms with Gasteiger partial charge in [-0.15, -0.1) is 0 Å². The lowest BCUT2D eigenvalue weighted by atomic mass is 10.0. The topological polar surface area (TPSA) is 119 Å². The van der Waals surface area contributed by atoms with Crippen molar-refractivity contribution in [3.63, 3.8) is 0 Å². The summed E-state index contributed by atoms with van der Waals surface area (Å²) < 4.78 is 6.15. The number of amides is 3. The molecule has 0 aliphatic carbocycles. The monoisotopic (exact) mass is 615 g/mol. The zero-order valence-electron chi connectivity index (χ0n) is 26.0. The van der Waals surface area contributed by atoms with Crippen LogP contribution in [0.2, 0.25) is 0 Å². The third kappa shape index (κ3) is 8.15. The van der Waals surface area contributed by atoms with Crippen LogP contribution in [0.5, 0.6) is 0 Å². The number of carbonyl (C=O) groups excluding carboxylic acids is 3. The van der Waals surface area contributed by atoms with Gasteiger partial charge in [0.25, 0.3) is 11.8 Å². The summed E-state index contributed by atoms with van der Waals surface area (Å²) in [5, 5.41) is 24.5. The number of rotatable bonds is 12. The molecule has 3 N–H and O–H groups in total. The number of piperidine rings is 1. The molecule has 3 aromatic rings. The maximum absolute atomic E-state index is 12.7. The smallest absolute Gasteiger partial charge is 0.411 e. The van der Waals surface area contributed by atoms with E-state index < -0.39 is 18.3 Å². The number of aliphatic hydroxyl groups excluding tert-OH is 2. The second kappa shape index (κ2) is 14.3. The summed E-state index contributed by atoms with van der Waals surface area (Å²) in [4.78, 5) is 41.3. The summed E-state index contributed by atoms with van der Waals surface area (Å²) in [7, 11) is 3.93. The van der Waals surface area contributed by atoms with Crippen molar-refractivity contribution in [2.24, 2.45) is 0 Å². The van der Waals surface area contributed by atoms with E-state index in [-0.39, 0.29) is 17.9 Å². The highest BCUT2D eigenvalue weighted by Gasteiger charge is 2.35. The molecule has 2 atom stereocenters. The van der Waals surface area contributed by atoms with Crippen LogP contribution in [0.1, 0.15) is 40.0 Å². The molecule has 5 rings (SSSR count). The Morgan fingerprint density at radius 1 is 0.867 bits per heavy atom. The first-order valence-corrected chi connectivity index (χ1v) is 15.6. The zero-order valence-corrected chi connectivity index (χ0v) is 26.0. The summed E-state index contributed by atoms with van der Waals surface area (Å²) in [5.74, 6) is -0.529. The summed E-state index contributed by atoms with van der Waals surface area (Å²) in [6.07, 6.45) is -0.746. The van der Waals surface area contributed by atoms with Crippen molar-refractivity contribution in [1.82, 2.24) is 9.80 Å². The lowest BCUT2D eigenvalue weighted by Gasteiger charge is -2.36. The number of hydrogen-bond donors (Lipinski definition) is 3. The lowest BCUT2D eigenvalue weighted by molar-refractivity contribution is -0.893. The van der Waals surface area contributed by atoms with Gasteiger partial charge in [0, 0.05) is 38.2 Å². The van der Waals surface area contributed by atoms with E-state index in [0.29, 0.717) is 79.8 Å². The van der Waals surface area contributed by atoms with Crippen molar-refractivity contribution >= 4 is 23.6 Å². The number of benzene rings is 3. The zero-order chi connectivity index (χ0) is 32.0. The number of carbonyl (C=O) groups is 3. The SMILES string of the molecule is C[N+](C)(CCCN1C(=O)c2ccccc2C1=O)CC(O)C(O)CN1CCC(OC(=O)Nc2ccccc2-c2ccccc2)CC1. The van der Waals surface area contributed by atoms with Crippen molar-refractivity contribution in [2.45, 2.75) is 37.6 Å². The fraction of sp³-hybridized carbons (Fsp3) is 0.400. The van der Waals surface area contributed by atoms with Gasteiger partial charge in [-0.05, 0) is 36.6 Å². The molecule has 10 heteroatoms. The predicted molar refractivity (Wildman–Crippen MR) is 172 cm³/mol. The standard InChI is InChI=1S/C35H42N4O6/c1-39(2,22-10-19-38-33(42)28-14-6-7-15-29(28)34(38)43)24-32(41)31(40)23-37-20-17-26(18-21-37)45-35(44)36-30-16-9-8-13-27(30)25-11-4-3-5-12-25/h3-9,11-16,26,31-32,40-41H,10,17-24H2,1-2H3/p+1. The molecule has 0 bridgehead atoms. The van der Waals surface area contributed by atoms with E-state index in [1.54, 1.807) is 24.3 Å². The molecule has 0 saturated carbocycles. The van der Waals surface area contributed by atoms with E-state index in [4.69, 9.17) is 4.74 Å². The molecule has 3 amide bonds. The summed E-state index contributed by atoms with van der Waals surface area (Å²) in [5.41, 5.74) is 3.50. The average molecular weight is 616 g/mol. The highest BCUT2D eigenvalue weighted by molar-refractivity contribution is 6.21. The van der Waals surface area contributed by atoms with Crippen LogP contribution in [0.3, 0.4) is 0 Å². The second-order valence-electron chi connectivity index (χ2n) is 12.6. The van der Waals surface area contributed by atoms with E-state index in [9.17, 15) is 24.6 Å². The molecule has 45 heavy (non-hydrogen) atoms. The lowest BCUT2D eigenvalue weighted by Crippen LogP contribution is -2.52. The summed E-state index contributed by atoms with van der Waals surface area (Å²) in [6.45, 7) is 2.85. The molecular formula is C35H43N4O6+. The van der Waals surface area contributed by atoms with Crippen LogP contribution >= 0.6 is 0 Å². The molecule has 2 heterocycles. The number of nitrogens with one attached hydrogen (secondary N) is 1. The van der Waals surface area contributed by atoms with Crippen LogP contribution in [0.4, 0.5) is 10.5 Å². The molecular weight excluding hydrogens is 572 g/mol. The summed E-state index contributed by atoms with van der Waals surface area (Å²) in [6, 6.07) is 24.3. The molecule has 0 aromatic heterocycles. The number of likely N-dealkylation sites (N-methyl/N-ethyl adjacent to an activating group) is 1. The highest BCUT2D eigenvalue weighted by atomic mass is 16.6. The Kier molecular flexibility index (Phi) is 10.3. The van der Waals surface area contributed by atoms with Gasteiger partial charge in [-0.1, -0.05) is 60.7 Å². The fourth-order valence-corrected chi connectivity index (χ4v) is 6.17. The molecule has 1 saturated heterocycles. The minimum atomic E-state index is -0.941. The first-order valence-electron chi connectivity index (χ1n) is 15.6. The highest BCUT2D eigenvalue weighted by Crippen LogP contribution is 2.28. The third-order valence-electron chi connectivity index (χ3n) is 8.65. The maximum Gasteiger partial charge on any atom is 0.411 e. The number of fused-ring (bicyclic) bond motifs is 1. The molecule has 0 spiro atoms. The Hall–Kier alpha value is -4.09. The fourth-order valence-electron chi connectivity index (χ4n) is 6.17. The number of anilines is 1. The van der Waals surface area contributed by atoms with Gasteiger partial charge in [0.05, 0.1) is 43.6 Å². The van der Waals surface area contributed by atoms with Crippen molar-refractivity contribution in [3.05, 3.63) is 90.0 Å². The van der Waals surface area contributed by atoms with Gasteiger partial charge in [-0.2, -0.15) is 0 Å². The van der Waals surface area contributed by atoms with Gasteiger partial charge in [0.1, 0.15) is 18.8 Å². The average Bonchev–Trinajstić information content (AvgIpc) is 3.27. The number of nitrogens with zero attached hydrogens (tertiary/aromatic N) is 3. The normalized spacial score (nSPS) is 17.2. The Labute approximate surface area is 264 Å². The molecule has 238 valence electrons. The number of β-amino-alcohol motifs (C(OH)–C–C–N with tert-alkyl or cyclic N) is 1. The minimum Gasteiger partial charge on any atom is -0.446 e. The number of quaternary nitrogens is 1. The van der Waals surface area contributed by atoms with Crippen molar-refractivity contribution in [2.75, 3.05) is 58.7 Å². The van der Waals surface area contributed by atoms with Gasteiger partial charge in [-0.25, -0.2) is 4.79 Å². The van der Waals surface area contributed by atoms with Crippen molar-refractivity contribution in [3.8, 4) is 11.1 Å². The van der Waals surface area contributed by atoms with Crippen LogP contribution in [0, 0.1) is 0 Å². The molecule has 1 fully saturated rings. The first-order chi connectivity index (χ1) is 21.6. The second-order valence-corrected chi connectivity index (χ2v) is 12.6. The van der Waals surface area contributed by atoms with Crippen LogP contribution in [-0.4, -0.2) is 114 Å².